The van der Waals surface area contributed by atoms with Gasteiger partial charge in [-0.1, -0.05) is 30.3 Å². The fourth-order valence-corrected chi connectivity index (χ4v) is 3.57. The van der Waals surface area contributed by atoms with Gasteiger partial charge in [0.25, 0.3) is 0 Å². The number of nitrogens with one attached hydrogen (secondary N) is 2. The molecule has 2 heterocycles. The summed E-state index contributed by atoms with van der Waals surface area (Å²) in [5.74, 6) is -0.655. The number of methoxy groups -OCH3 is 1. The van der Waals surface area contributed by atoms with Gasteiger partial charge in [-0.15, -0.1) is 0 Å². The molecule has 3 aromatic rings. The van der Waals surface area contributed by atoms with Crippen molar-refractivity contribution >= 4 is 28.9 Å². The molecular weight excluding hydrogens is 534 g/mol. The van der Waals surface area contributed by atoms with E-state index in [0.717, 1.165) is 11.6 Å². The molecule has 210 valence electrons. The number of hydrogen-bond donors (Lipinski definition) is 2. The lowest BCUT2D eigenvalue weighted by atomic mass is 10.1. The Labute approximate surface area is 218 Å². The van der Waals surface area contributed by atoms with Gasteiger partial charge in [-0.25, -0.2) is 19.6 Å². The quantitative estimate of drug-likeness (QED) is 0.187. The number of amides is 1. The average molecular weight is 558 g/mol. The Kier molecular flexibility index (Phi) is 9.54. The predicted octanol–water partition coefficient (Wildman–Crippen LogP) is 5.72. The van der Waals surface area contributed by atoms with Crippen LogP contribution in [0.4, 0.5) is 37.0 Å². The molecule has 0 saturated carbocycles. The molecule has 0 aliphatic carbocycles. The van der Waals surface area contributed by atoms with Gasteiger partial charge in [-0.3, -0.25) is 0 Å². The zero-order valence-electron chi connectivity index (χ0n) is 20.5. The first kappa shape index (κ1) is 29.5. The average Bonchev–Trinajstić information content (AvgIpc) is 2.89. The van der Waals surface area contributed by atoms with Crippen molar-refractivity contribution in [3.8, 4) is 0 Å². The van der Waals surface area contributed by atoms with E-state index in [1.807, 2.05) is 6.07 Å². The highest BCUT2D eigenvalue weighted by Crippen LogP contribution is 2.38. The van der Waals surface area contributed by atoms with Crippen LogP contribution in [-0.2, 0) is 33.2 Å². The Bertz CT molecular complexity index is 1290. The van der Waals surface area contributed by atoms with Crippen molar-refractivity contribution in [1.29, 1.82) is 0 Å². The van der Waals surface area contributed by atoms with Crippen molar-refractivity contribution in [1.82, 2.24) is 15.3 Å². The summed E-state index contributed by atoms with van der Waals surface area (Å²) in [6.07, 6.45) is -9.93. The number of alkyl halides is 6. The number of unbranched alkanes of at least 4 members (excludes halogenated alkanes) is 1. The summed E-state index contributed by atoms with van der Waals surface area (Å²) in [5.41, 5.74) is -3.13. The van der Waals surface area contributed by atoms with E-state index in [-0.39, 0.29) is 31.5 Å². The molecule has 2 aromatic heterocycles. The molecule has 0 saturated heterocycles. The molecular formula is C25H24F6N4O4. The van der Waals surface area contributed by atoms with Gasteiger partial charge in [-0.2, -0.15) is 26.3 Å². The number of alkyl carbamates (subject to hydrolysis) is 1. The molecule has 0 radical (unpaired) electrons. The summed E-state index contributed by atoms with van der Waals surface area (Å²) in [6.45, 7) is 0.225. The second-order valence-corrected chi connectivity index (χ2v) is 8.32. The van der Waals surface area contributed by atoms with Gasteiger partial charge in [0.05, 0.1) is 12.7 Å². The van der Waals surface area contributed by atoms with Crippen LogP contribution in [-0.4, -0.2) is 41.7 Å². The van der Waals surface area contributed by atoms with Gasteiger partial charge in [0.2, 0.25) is 0 Å². The Hall–Kier alpha value is -4.10. The summed E-state index contributed by atoms with van der Waals surface area (Å²) < 4.78 is 89.0. The first-order chi connectivity index (χ1) is 18.4. The Morgan fingerprint density at radius 1 is 0.949 bits per heavy atom. The van der Waals surface area contributed by atoms with Gasteiger partial charge >= 0.3 is 24.4 Å². The first-order valence-corrected chi connectivity index (χ1v) is 11.6. The number of nitrogens with zero attached hydrogens (tertiary/aromatic N) is 2. The third kappa shape index (κ3) is 8.45. The maximum Gasteiger partial charge on any atom is 0.433 e. The number of halogens is 6. The van der Waals surface area contributed by atoms with Crippen molar-refractivity contribution in [2.45, 2.75) is 44.3 Å². The maximum absolute atomic E-state index is 13.3. The van der Waals surface area contributed by atoms with E-state index in [1.54, 1.807) is 24.3 Å². The van der Waals surface area contributed by atoms with E-state index in [9.17, 15) is 35.9 Å². The summed E-state index contributed by atoms with van der Waals surface area (Å²) in [4.78, 5) is 31.2. The first-order valence-electron chi connectivity index (χ1n) is 11.6. The lowest BCUT2D eigenvalue weighted by Gasteiger charge is -2.16. The van der Waals surface area contributed by atoms with E-state index in [2.05, 4.69) is 20.6 Å². The van der Waals surface area contributed by atoms with Gasteiger partial charge in [0.1, 0.15) is 24.2 Å². The van der Waals surface area contributed by atoms with Gasteiger partial charge in [0.15, 0.2) is 5.65 Å². The second kappa shape index (κ2) is 12.6. The fraction of sp³-hybridized carbons (Fsp3) is 0.360. The number of fused-ring (bicyclic) bond motifs is 1. The van der Waals surface area contributed by atoms with Crippen LogP contribution in [0.5, 0.6) is 0 Å². The second-order valence-electron chi connectivity index (χ2n) is 8.32. The SMILES string of the molecule is COC(=O)[C@H](CCCCNc1ccc2c(C(F)(F)F)cc(C(F)(F)F)nc2n1)NC(=O)OCc1ccccc1. The lowest BCUT2D eigenvalue weighted by Crippen LogP contribution is -2.41. The monoisotopic (exact) mass is 558 g/mol. The number of aromatic nitrogens is 2. The number of esters is 1. The largest absolute Gasteiger partial charge is 0.467 e. The molecule has 0 aliphatic heterocycles. The number of ether oxygens (including phenoxy) is 2. The summed E-state index contributed by atoms with van der Waals surface area (Å²) in [7, 11) is 1.17. The minimum absolute atomic E-state index is 0.00697. The molecule has 1 atom stereocenters. The van der Waals surface area contributed by atoms with Crippen LogP contribution in [0.3, 0.4) is 0 Å². The Morgan fingerprint density at radius 2 is 1.67 bits per heavy atom. The smallest absolute Gasteiger partial charge is 0.433 e. The standard InChI is InChI=1S/C25H24F6N4O4/c1-38-22(36)18(33-23(37)39-14-15-7-3-2-4-8-15)9-5-6-12-32-20-11-10-16-17(24(26,27)28)13-19(25(29,30)31)34-21(16)35-20/h2-4,7-8,10-11,13,18H,5-6,9,12,14H2,1H3,(H,33,37)(H,32,34,35)/t18-/m0/s1. The number of anilines is 1. The number of benzene rings is 1. The maximum atomic E-state index is 13.3. The van der Waals surface area contributed by atoms with Crippen LogP contribution in [0.25, 0.3) is 11.0 Å². The van der Waals surface area contributed by atoms with Crippen LogP contribution >= 0.6 is 0 Å². The van der Waals surface area contributed by atoms with E-state index in [1.165, 1.54) is 13.2 Å². The number of carbonyl (C=O) groups is 2. The highest BCUT2D eigenvalue weighted by atomic mass is 19.4. The predicted molar refractivity (Wildman–Crippen MR) is 127 cm³/mol. The minimum Gasteiger partial charge on any atom is -0.467 e. The van der Waals surface area contributed by atoms with Crippen LogP contribution in [0.15, 0.2) is 48.5 Å². The highest BCUT2D eigenvalue weighted by molar-refractivity contribution is 5.82. The number of carbonyl (C=O) groups excluding carboxylic acids is 2. The van der Waals surface area contributed by atoms with Crippen LogP contribution < -0.4 is 10.6 Å². The molecule has 3 rings (SSSR count). The normalized spacial score (nSPS) is 12.6. The molecule has 2 N–H and O–H groups in total. The lowest BCUT2D eigenvalue weighted by molar-refractivity contribution is -0.145. The third-order valence-electron chi connectivity index (χ3n) is 5.48. The topological polar surface area (TPSA) is 102 Å². The van der Waals surface area contributed by atoms with Crippen LogP contribution in [0.1, 0.15) is 36.1 Å². The molecule has 14 heteroatoms. The zero-order valence-corrected chi connectivity index (χ0v) is 20.5. The molecule has 0 spiro atoms. The summed E-state index contributed by atoms with van der Waals surface area (Å²) in [6, 6.07) is 10.1. The van der Waals surface area contributed by atoms with Crippen molar-refractivity contribution in [3.05, 3.63) is 65.4 Å². The molecule has 1 amide bonds. The van der Waals surface area contributed by atoms with Gasteiger partial charge in [0, 0.05) is 11.9 Å². The minimum atomic E-state index is -5.09. The number of rotatable bonds is 10. The van der Waals surface area contributed by atoms with Crippen LogP contribution in [0.2, 0.25) is 0 Å². The van der Waals surface area contributed by atoms with E-state index in [0.29, 0.717) is 12.8 Å². The van der Waals surface area contributed by atoms with Gasteiger partial charge < -0.3 is 20.1 Å². The van der Waals surface area contributed by atoms with Crippen molar-refractivity contribution in [2.75, 3.05) is 19.0 Å². The zero-order chi connectivity index (χ0) is 28.6. The molecule has 8 nitrogen and oxygen atoms in total. The molecule has 1 aromatic carbocycles. The van der Waals surface area contributed by atoms with Crippen molar-refractivity contribution in [3.63, 3.8) is 0 Å². The van der Waals surface area contributed by atoms with Gasteiger partial charge in [-0.05, 0) is 43.0 Å². The molecule has 0 aliphatic rings. The molecule has 0 fully saturated rings. The van der Waals surface area contributed by atoms with Crippen molar-refractivity contribution < 1.29 is 45.4 Å². The van der Waals surface area contributed by atoms with Crippen molar-refractivity contribution in [2.24, 2.45) is 0 Å². The molecule has 0 unspecified atom stereocenters. The Balaban J connectivity index is 1.56. The Morgan fingerprint density at radius 3 is 2.31 bits per heavy atom. The summed E-state index contributed by atoms with van der Waals surface area (Å²) >= 11 is 0. The molecule has 39 heavy (non-hydrogen) atoms. The number of pyridine rings is 2. The summed E-state index contributed by atoms with van der Waals surface area (Å²) in [5, 5.41) is 4.69. The fourth-order valence-electron chi connectivity index (χ4n) is 3.57. The van der Waals surface area contributed by atoms with E-state index in [4.69, 9.17) is 9.47 Å². The van der Waals surface area contributed by atoms with E-state index < -0.39 is 52.7 Å². The number of hydrogen-bond acceptors (Lipinski definition) is 7. The van der Waals surface area contributed by atoms with Crippen LogP contribution in [0, 0.1) is 0 Å². The highest BCUT2D eigenvalue weighted by Gasteiger charge is 2.39. The van der Waals surface area contributed by atoms with E-state index >= 15 is 0 Å². The molecule has 0 bridgehead atoms. The third-order valence-corrected chi connectivity index (χ3v) is 5.48.